The number of piperidine rings is 1. The van der Waals surface area contributed by atoms with Crippen LogP contribution in [0.5, 0.6) is 0 Å². The molecule has 6 nitrogen and oxygen atoms in total. The van der Waals surface area contributed by atoms with Gasteiger partial charge in [-0.2, -0.15) is 0 Å². The van der Waals surface area contributed by atoms with Crippen LogP contribution in [0.1, 0.15) is 24.7 Å². The van der Waals surface area contributed by atoms with E-state index in [0.29, 0.717) is 11.7 Å². The Balaban J connectivity index is 2.29. The van der Waals surface area contributed by atoms with Crippen LogP contribution in [0.2, 0.25) is 0 Å². The first-order valence-corrected chi connectivity index (χ1v) is 6.66. The molecule has 1 aliphatic rings. The van der Waals surface area contributed by atoms with Gasteiger partial charge >= 0.3 is 0 Å². The Hall–Kier alpha value is -1.40. The number of methoxy groups -OCH3 is 1. The summed E-state index contributed by atoms with van der Waals surface area (Å²) in [5.74, 6) is 8.46. The predicted octanol–water partition coefficient (Wildman–Crippen LogP) is 1.24. The van der Waals surface area contributed by atoms with Crippen molar-refractivity contribution < 1.29 is 4.74 Å². The molecule has 106 valence electrons. The van der Waals surface area contributed by atoms with Gasteiger partial charge in [0.15, 0.2) is 0 Å². The maximum absolute atomic E-state index is 5.56. The zero-order chi connectivity index (χ0) is 14.0. The first kappa shape index (κ1) is 14.0. The van der Waals surface area contributed by atoms with Gasteiger partial charge in [-0.25, -0.2) is 15.8 Å². The third kappa shape index (κ3) is 2.79. The number of nitrogens with one attached hydrogen (secondary N) is 1. The first-order valence-electron chi connectivity index (χ1n) is 6.66. The highest BCUT2D eigenvalue weighted by Gasteiger charge is 2.28. The third-order valence-corrected chi connectivity index (χ3v) is 3.86. The van der Waals surface area contributed by atoms with E-state index in [1.54, 1.807) is 7.11 Å². The second-order valence-electron chi connectivity index (χ2n) is 5.20. The molecule has 2 rings (SSSR count). The zero-order valence-electron chi connectivity index (χ0n) is 12.1. The number of nitrogens with two attached hydrogens (primary N) is 1. The summed E-state index contributed by atoms with van der Waals surface area (Å²) in [6, 6.07) is 0. The van der Waals surface area contributed by atoms with Crippen molar-refractivity contribution in [2.24, 2.45) is 11.8 Å². The number of anilines is 2. The van der Waals surface area contributed by atoms with Crippen molar-refractivity contribution in [1.82, 2.24) is 9.97 Å². The van der Waals surface area contributed by atoms with E-state index in [2.05, 4.69) is 27.2 Å². The number of aryl methyl sites for hydroxylation is 1. The summed E-state index contributed by atoms with van der Waals surface area (Å²) in [4.78, 5) is 11.1. The number of rotatable bonds is 3. The number of hydrazine groups is 1. The van der Waals surface area contributed by atoms with E-state index in [4.69, 9.17) is 10.6 Å². The lowest BCUT2D eigenvalue weighted by Crippen LogP contribution is -2.44. The molecule has 1 aromatic heterocycles. The number of nitrogen functional groups attached to an aromatic ring is 1. The van der Waals surface area contributed by atoms with E-state index in [0.717, 1.165) is 36.7 Å². The van der Waals surface area contributed by atoms with Gasteiger partial charge in [0.25, 0.3) is 0 Å². The molecule has 1 aliphatic heterocycles. The number of nitrogens with zero attached hydrogens (tertiary/aromatic N) is 3. The van der Waals surface area contributed by atoms with E-state index < -0.39 is 0 Å². The lowest BCUT2D eigenvalue weighted by molar-refractivity contribution is 0.0496. The molecule has 0 radical (unpaired) electrons. The van der Waals surface area contributed by atoms with Gasteiger partial charge in [-0.1, -0.05) is 6.92 Å². The quantitative estimate of drug-likeness (QED) is 0.632. The zero-order valence-corrected chi connectivity index (χ0v) is 12.1. The molecular weight excluding hydrogens is 242 g/mol. The number of ether oxygens (including phenoxy) is 1. The van der Waals surface area contributed by atoms with Crippen LogP contribution in [0.25, 0.3) is 0 Å². The summed E-state index contributed by atoms with van der Waals surface area (Å²) in [7, 11) is 1.77. The van der Waals surface area contributed by atoms with Crippen LogP contribution < -0.4 is 16.2 Å². The van der Waals surface area contributed by atoms with E-state index in [1.165, 1.54) is 0 Å². The van der Waals surface area contributed by atoms with Crippen molar-refractivity contribution in [2.45, 2.75) is 33.3 Å². The van der Waals surface area contributed by atoms with Crippen molar-refractivity contribution in [3.8, 4) is 0 Å². The number of aromatic nitrogens is 2. The summed E-state index contributed by atoms with van der Waals surface area (Å²) >= 11 is 0. The standard InChI is InChI=1S/C13H23N5O/c1-8-5-6-18(7-11(8)19-4)13-9(2)12(17-14)15-10(3)16-13/h8,11H,5-7,14H2,1-4H3,(H,15,16,17). The van der Waals surface area contributed by atoms with E-state index in [9.17, 15) is 0 Å². The number of hydrogen-bond acceptors (Lipinski definition) is 6. The molecule has 1 fully saturated rings. The topological polar surface area (TPSA) is 76.3 Å². The van der Waals surface area contributed by atoms with Gasteiger partial charge in [0.1, 0.15) is 17.5 Å². The predicted molar refractivity (Wildman–Crippen MR) is 76.1 cm³/mol. The van der Waals surface area contributed by atoms with Crippen LogP contribution in [-0.2, 0) is 4.74 Å². The van der Waals surface area contributed by atoms with Crippen molar-refractivity contribution in [1.29, 1.82) is 0 Å². The minimum absolute atomic E-state index is 0.248. The molecule has 2 atom stereocenters. The molecule has 3 N–H and O–H groups in total. The summed E-state index contributed by atoms with van der Waals surface area (Å²) in [6.45, 7) is 7.95. The van der Waals surface area contributed by atoms with Gasteiger partial charge in [0.2, 0.25) is 0 Å². The van der Waals surface area contributed by atoms with Crippen LogP contribution in [0.3, 0.4) is 0 Å². The molecule has 0 saturated carbocycles. The van der Waals surface area contributed by atoms with Gasteiger partial charge in [0, 0.05) is 25.8 Å². The molecule has 1 saturated heterocycles. The number of hydrogen-bond donors (Lipinski definition) is 2. The fraction of sp³-hybridized carbons (Fsp3) is 0.692. The van der Waals surface area contributed by atoms with E-state index in [1.807, 2.05) is 13.8 Å². The van der Waals surface area contributed by atoms with Crippen molar-refractivity contribution >= 4 is 11.6 Å². The normalized spacial score (nSPS) is 23.5. The maximum atomic E-state index is 5.56. The second kappa shape index (κ2) is 5.71. The highest BCUT2D eigenvalue weighted by Crippen LogP contribution is 2.28. The highest BCUT2D eigenvalue weighted by molar-refractivity contribution is 5.58. The monoisotopic (exact) mass is 265 g/mol. The fourth-order valence-corrected chi connectivity index (χ4v) is 2.60. The van der Waals surface area contributed by atoms with E-state index in [-0.39, 0.29) is 6.10 Å². The summed E-state index contributed by atoms with van der Waals surface area (Å²) in [5.41, 5.74) is 3.62. The average molecular weight is 265 g/mol. The SMILES string of the molecule is COC1CN(c2nc(C)nc(NN)c2C)CCC1C. The van der Waals surface area contributed by atoms with Crippen LogP contribution in [-0.4, -0.2) is 36.3 Å². The van der Waals surface area contributed by atoms with Gasteiger partial charge in [-0.3, -0.25) is 0 Å². The minimum Gasteiger partial charge on any atom is -0.379 e. The molecule has 0 bridgehead atoms. The molecule has 2 heterocycles. The molecule has 0 amide bonds. The maximum Gasteiger partial charge on any atom is 0.148 e. The van der Waals surface area contributed by atoms with Gasteiger partial charge in [-0.15, -0.1) is 0 Å². The molecule has 6 heteroatoms. The van der Waals surface area contributed by atoms with E-state index >= 15 is 0 Å². The van der Waals surface area contributed by atoms with Crippen LogP contribution in [0.15, 0.2) is 0 Å². The Morgan fingerprint density at radius 2 is 2.11 bits per heavy atom. The van der Waals surface area contributed by atoms with Gasteiger partial charge in [0.05, 0.1) is 6.10 Å². The Kier molecular flexibility index (Phi) is 4.21. The largest absolute Gasteiger partial charge is 0.379 e. The van der Waals surface area contributed by atoms with Crippen LogP contribution in [0, 0.1) is 19.8 Å². The Morgan fingerprint density at radius 1 is 1.37 bits per heavy atom. The average Bonchev–Trinajstić information content (AvgIpc) is 2.41. The van der Waals surface area contributed by atoms with Gasteiger partial charge < -0.3 is 15.1 Å². The van der Waals surface area contributed by atoms with Gasteiger partial charge in [-0.05, 0) is 26.2 Å². The summed E-state index contributed by atoms with van der Waals surface area (Å²) in [5, 5.41) is 0. The second-order valence-corrected chi connectivity index (χ2v) is 5.20. The fourth-order valence-electron chi connectivity index (χ4n) is 2.60. The summed E-state index contributed by atoms with van der Waals surface area (Å²) < 4.78 is 5.56. The Labute approximate surface area is 114 Å². The molecule has 0 spiro atoms. The lowest BCUT2D eigenvalue weighted by Gasteiger charge is -2.37. The third-order valence-electron chi connectivity index (χ3n) is 3.86. The van der Waals surface area contributed by atoms with Crippen molar-refractivity contribution in [2.75, 3.05) is 30.5 Å². The molecule has 1 aromatic rings. The van der Waals surface area contributed by atoms with Crippen LogP contribution >= 0.6 is 0 Å². The lowest BCUT2D eigenvalue weighted by atomic mass is 9.95. The summed E-state index contributed by atoms with van der Waals surface area (Å²) in [6.07, 6.45) is 1.35. The molecular formula is C13H23N5O. The molecule has 0 aliphatic carbocycles. The van der Waals surface area contributed by atoms with Crippen molar-refractivity contribution in [3.05, 3.63) is 11.4 Å². The highest BCUT2D eigenvalue weighted by atomic mass is 16.5. The molecule has 2 unspecified atom stereocenters. The first-order chi connectivity index (χ1) is 9.06. The molecule has 19 heavy (non-hydrogen) atoms. The minimum atomic E-state index is 0.248. The van der Waals surface area contributed by atoms with Crippen LogP contribution in [0.4, 0.5) is 11.6 Å². The Morgan fingerprint density at radius 3 is 2.74 bits per heavy atom. The smallest absolute Gasteiger partial charge is 0.148 e. The van der Waals surface area contributed by atoms with Crippen molar-refractivity contribution in [3.63, 3.8) is 0 Å². The Bertz CT molecular complexity index is 451. The molecule has 0 aromatic carbocycles.